The van der Waals surface area contributed by atoms with Crippen LogP contribution >= 0.6 is 11.6 Å². The first-order valence-electron chi connectivity index (χ1n) is 9.76. The fraction of sp³-hybridized carbons (Fsp3) is 0.476. The number of amides is 1. The number of rotatable bonds is 4. The lowest BCUT2D eigenvalue weighted by Gasteiger charge is -2.32. The number of carbonyl (C=O) groups excluding carboxylic acids is 1. The molecule has 1 fully saturated rings. The maximum atomic E-state index is 12.7. The Morgan fingerprint density at radius 2 is 2.30 bits per heavy atom. The normalized spacial score (nSPS) is 19.6. The van der Waals surface area contributed by atoms with Crippen molar-refractivity contribution in [2.24, 2.45) is 0 Å². The summed E-state index contributed by atoms with van der Waals surface area (Å²) in [6.07, 6.45) is 6.22. The van der Waals surface area contributed by atoms with Crippen molar-refractivity contribution in [1.82, 2.24) is 20.2 Å². The molecule has 0 bridgehead atoms. The van der Waals surface area contributed by atoms with Crippen LogP contribution in [-0.4, -0.2) is 40.4 Å². The van der Waals surface area contributed by atoms with Gasteiger partial charge in [0.25, 0.3) is 0 Å². The molecule has 1 aromatic heterocycles. The molecule has 6 heteroatoms. The summed E-state index contributed by atoms with van der Waals surface area (Å²) < 4.78 is 0. The Morgan fingerprint density at radius 1 is 1.37 bits per heavy atom. The molecule has 2 aromatic rings. The van der Waals surface area contributed by atoms with Gasteiger partial charge in [0, 0.05) is 67.4 Å². The first kappa shape index (κ1) is 18.4. The van der Waals surface area contributed by atoms with E-state index < -0.39 is 0 Å². The quantitative estimate of drug-likeness (QED) is 0.879. The molecule has 3 heterocycles. The van der Waals surface area contributed by atoms with Gasteiger partial charge in [-0.1, -0.05) is 23.7 Å². The van der Waals surface area contributed by atoms with Crippen molar-refractivity contribution in [1.29, 1.82) is 0 Å². The number of likely N-dealkylation sites (tertiary alicyclic amines) is 1. The molecular weight excluding hydrogens is 360 g/mol. The molecule has 1 N–H and O–H groups in total. The summed E-state index contributed by atoms with van der Waals surface area (Å²) >= 11 is 6.03. The number of hydrogen-bond donors (Lipinski definition) is 1. The summed E-state index contributed by atoms with van der Waals surface area (Å²) in [6, 6.07) is 7.75. The van der Waals surface area contributed by atoms with Gasteiger partial charge in [0.15, 0.2) is 0 Å². The van der Waals surface area contributed by atoms with Crippen LogP contribution in [0.5, 0.6) is 0 Å². The molecule has 5 nitrogen and oxygen atoms in total. The number of fused-ring (bicyclic) bond motifs is 1. The lowest BCUT2D eigenvalue weighted by atomic mass is 9.96. The van der Waals surface area contributed by atoms with Gasteiger partial charge < -0.3 is 10.2 Å². The van der Waals surface area contributed by atoms with E-state index >= 15 is 0 Å². The maximum Gasteiger partial charge on any atom is 0.222 e. The van der Waals surface area contributed by atoms with E-state index in [1.165, 1.54) is 11.3 Å². The fourth-order valence-corrected chi connectivity index (χ4v) is 4.18. The van der Waals surface area contributed by atoms with E-state index in [2.05, 4.69) is 10.3 Å². The number of hydrogen-bond acceptors (Lipinski definition) is 4. The largest absolute Gasteiger partial charge is 0.342 e. The molecule has 0 unspecified atom stereocenters. The highest BCUT2D eigenvalue weighted by atomic mass is 35.5. The third kappa shape index (κ3) is 4.47. The minimum Gasteiger partial charge on any atom is -0.342 e. The molecule has 4 rings (SSSR count). The van der Waals surface area contributed by atoms with E-state index in [0.717, 1.165) is 68.3 Å². The zero-order valence-corrected chi connectivity index (χ0v) is 16.2. The first-order valence-corrected chi connectivity index (χ1v) is 10.1. The molecule has 0 aliphatic carbocycles. The molecule has 142 valence electrons. The molecule has 27 heavy (non-hydrogen) atoms. The number of piperidine rings is 1. The van der Waals surface area contributed by atoms with E-state index in [1.807, 2.05) is 35.4 Å². The summed E-state index contributed by atoms with van der Waals surface area (Å²) in [5.41, 5.74) is 3.48. The van der Waals surface area contributed by atoms with Crippen molar-refractivity contribution in [3.8, 4) is 0 Å². The number of carbonyl (C=O) groups is 1. The minimum absolute atomic E-state index is 0.210. The Kier molecular flexibility index (Phi) is 5.69. The molecule has 0 radical (unpaired) electrons. The number of aryl methyl sites for hydroxylation is 1. The van der Waals surface area contributed by atoms with Crippen molar-refractivity contribution < 1.29 is 4.79 Å². The predicted octanol–water partition coefficient (Wildman–Crippen LogP) is 3.11. The van der Waals surface area contributed by atoms with E-state index in [0.29, 0.717) is 6.42 Å². The molecule has 0 saturated carbocycles. The van der Waals surface area contributed by atoms with Crippen LogP contribution in [-0.2, 0) is 24.2 Å². The first-order chi connectivity index (χ1) is 13.2. The van der Waals surface area contributed by atoms with Gasteiger partial charge in [0.1, 0.15) is 5.82 Å². The Bertz CT molecular complexity index is 826. The number of nitrogens with zero attached hydrogens (tertiary/aromatic N) is 3. The molecular formula is C21H25ClN4O. The average Bonchev–Trinajstić information content (AvgIpc) is 2.72. The van der Waals surface area contributed by atoms with Crippen LogP contribution in [0.2, 0.25) is 5.02 Å². The van der Waals surface area contributed by atoms with Gasteiger partial charge in [-0.3, -0.25) is 4.79 Å². The van der Waals surface area contributed by atoms with Crippen molar-refractivity contribution in [3.05, 3.63) is 58.1 Å². The topological polar surface area (TPSA) is 58.1 Å². The highest BCUT2D eigenvalue weighted by molar-refractivity contribution is 6.30. The number of benzene rings is 1. The molecule has 1 atom stereocenters. The minimum atomic E-state index is 0.210. The van der Waals surface area contributed by atoms with Crippen LogP contribution in [0.25, 0.3) is 0 Å². The van der Waals surface area contributed by atoms with E-state index in [-0.39, 0.29) is 11.8 Å². The van der Waals surface area contributed by atoms with Crippen molar-refractivity contribution in [3.63, 3.8) is 0 Å². The van der Waals surface area contributed by atoms with Gasteiger partial charge in [-0.15, -0.1) is 0 Å². The summed E-state index contributed by atoms with van der Waals surface area (Å²) in [4.78, 5) is 24.1. The van der Waals surface area contributed by atoms with Gasteiger partial charge in [0.05, 0.1) is 0 Å². The maximum absolute atomic E-state index is 12.7. The van der Waals surface area contributed by atoms with Gasteiger partial charge >= 0.3 is 0 Å². The van der Waals surface area contributed by atoms with Gasteiger partial charge in [-0.2, -0.15) is 0 Å². The van der Waals surface area contributed by atoms with E-state index in [9.17, 15) is 4.79 Å². The van der Waals surface area contributed by atoms with Crippen LogP contribution in [0.4, 0.5) is 0 Å². The van der Waals surface area contributed by atoms with Gasteiger partial charge in [-0.05, 0) is 37.0 Å². The molecule has 2 aliphatic rings. The Balaban J connectivity index is 1.38. The molecule has 1 saturated heterocycles. The predicted molar refractivity (Wildman–Crippen MR) is 106 cm³/mol. The summed E-state index contributed by atoms with van der Waals surface area (Å²) in [7, 11) is 0. The number of halogens is 1. The zero-order chi connectivity index (χ0) is 18.6. The lowest BCUT2D eigenvalue weighted by molar-refractivity contribution is -0.132. The second-order valence-corrected chi connectivity index (χ2v) is 7.87. The summed E-state index contributed by atoms with van der Waals surface area (Å²) in [5, 5.41) is 4.07. The van der Waals surface area contributed by atoms with Crippen molar-refractivity contribution in [2.75, 3.05) is 19.6 Å². The van der Waals surface area contributed by atoms with E-state index in [4.69, 9.17) is 16.6 Å². The lowest BCUT2D eigenvalue weighted by Crippen LogP contribution is -2.39. The second-order valence-electron chi connectivity index (χ2n) is 7.44. The van der Waals surface area contributed by atoms with Gasteiger partial charge in [0.2, 0.25) is 5.91 Å². The van der Waals surface area contributed by atoms with Crippen LogP contribution in [0.3, 0.4) is 0 Å². The smallest absolute Gasteiger partial charge is 0.222 e. The van der Waals surface area contributed by atoms with Gasteiger partial charge in [-0.25, -0.2) is 9.97 Å². The second kappa shape index (κ2) is 8.36. The SMILES string of the molecule is O=C(CCc1cccc(Cl)c1)N1CCC[C@@H](c2ncc3c(n2)CCNC3)C1. The number of nitrogens with one attached hydrogen (secondary N) is 1. The highest BCUT2D eigenvalue weighted by Gasteiger charge is 2.27. The Morgan fingerprint density at radius 3 is 3.19 bits per heavy atom. The molecule has 2 aliphatic heterocycles. The highest BCUT2D eigenvalue weighted by Crippen LogP contribution is 2.26. The van der Waals surface area contributed by atoms with Crippen LogP contribution in [0.15, 0.2) is 30.5 Å². The third-order valence-corrected chi connectivity index (χ3v) is 5.72. The third-order valence-electron chi connectivity index (χ3n) is 5.48. The van der Waals surface area contributed by atoms with Crippen molar-refractivity contribution in [2.45, 2.75) is 44.6 Å². The Hall–Kier alpha value is -1.98. The zero-order valence-electron chi connectivity index (χ0n) is 15.5. The van der Waals surface area contributed by atoms with Crippen LogP contribution < -0.4 is 5.32 Å². The number of aromatic nitrogens is 2. The molecule has 1 aromatic carbocycles. The Labute approximate surface area is 165 Å². The average molecular weight is 385 g/mol. The van der Waals surface area contributed by atoms with Crippen LogP contribution in [0, 0.1) is 0 Å². The summed E-state index contributed by atoms with van der Waals surface area (Å²) in [5.74, 6) is 1.36. The molecule has 0 spiro atoms. The van der Waals surface area contributed by atoms with Crippen molar-refractivity contribution >= 4 is 17.5 Å². The standard InChI is InChI=1S/C21H25ClN4O/c22-18-5-1-3-15(11-18)6-7-20(27)26-10-2-4-16(14-26)21-24-13-17-12-23-9-8-19(17)25-21/h1,3,5,11,13,16,23H,2,4,6-10,12,14H2/t16-/m1/s1. The molecule has 1 amide bonds. The summed E-state index contributed by atoms with van der Waals surface area (Å²) in [6.45, 7) is 3.39. The monoisotopic (exact) mass is 384 g/mol. The van der Waals surface area contributed by atoms with Crippen LogP contribution in [0.1, 0.15) is 47.8 Å². The van der Waals surface area contributed by atoms with E-state index in [1.54, 1.807) is 0 Å². The fourth-order valence-electron chi connectivity index (χ4n) is 3.96.